The van der Waals surface area contributed by atoms with Crippen LogP contribution in [0.15, 0.2) is 48.7 Å². The first kappa shape index (κ1) is 25.4. The average molecular weight is 464 g/mol. The smallest absolute Gasteiger partial charge is 0.270 e. The average Bonchev–Trinajstić information content (AvgIpc) is 2.73. The predicted molar refractivity (Wildman–Crippen MR) is 120 cm³/mol. The van der Waals surface area contributed by atoms with Crippen LogP contribution >= 0.6 is 0 Å². The maximum atomic E-state index is 12.7. The highest BCUT2D eigenvalue weighted by Gasteiger charge is 2.32. The number of nitrogens with zero attached hydrogens (tertiary/aromatic N) is 2. The van der Waals surface area contributed by atoms with E-state index in [9.17, 15) is 28.2 Å². The van der Waals surface area contributed by atoms with E-state index >= 15 is 0 Å². The number of Topliss-reactive ketones (excluding diaryl/α,β-unsaturated/α-hetero) is 1. The molecule has 3 N–H and O–H groups in total. The van der Waals surface area contributed by atoms with Crippen LogP contribution in [-0.4, -0.2) is 70.1 Å². The van der Waals surface area contributed by atoms with Crippen molar-refractivity contribution in [1.82, 2.24) is 14.6 Å². The summed E-state index contributed by atoms with van der Waals surface area (Å²) in [6, 6.07) is 10.7. The Kier molecular flexibility index (Phi) is 8.88. The normalized spacial score (nSPS) is 13.7. The van der Waals surface area contributed by atoms with Crippen molar-refractivity contribution >= 4 is 21.7 Å². The lowest BCUT2D eigenvalue weighted by atomic mass is 10.0. The number of aromatic hydroxyl groups is 1. The first-order chi connectivity index (χ1) is 15.0. The van der Waals surface area contributed by atoms with E-state index in [2.05, 4.69) is 10.3 Å². The Morgan fingerprint density at radius 3 is 2.38 bits per heavy atom. The highest BCUT2D eigenvalue weighted by atomic mass is 32.2. The van der Waals surface area contributed by atoms with Gasteiger partial charge in [0.05, 0.1) is 23.9 Å². The van der Waals surface area contributed by atoms with E-state index in [-0.39, 0.29) is 36.7 Å². The molecule has 0 saturated carbocycles. The molecule has 2 rings (SSSR count). The Morgan fingerprint density at radius 1 is 1.16 bits per heavy atom. The lowest BCUT2D eigenvalue weighted by molar-refractivity contribution is -0.117. The lowest BCUT2D eigenvalue weighted by Crippen LogP contribution is -2.52. The molecule has 0 bridgehead atoms. The van der Waals surface area contributed by atoms with Gasteiger partial charge in [0, 0.05) is 18.8 Å². The van der Waals surface area contributed by atoms with Crippen LogP contribution < -0.4 is 5.32 Å². The predicted octanol–water partition coefficient (Wildman–Crippen LogP) is 1.12. The van der Waals surface area contributed by atoms with Crippen LogP contribution in [0.2, 0.25) is 0 Å². The number of benzene rings is 1. The van der Waals surface area contributed by atoms with Crippen LogP contribution in [0.1, 0.15) is 36.8 Å². The summed E-state index contributed by atoms with van der Waals surface area (Å²) < 4.78 is 26.3. The van der Waals surface area contributed by atoms with Gasteiger partial charge in [-0.05, 0) is 38.8 Å². The van der Waals surface area contributed by atoms with Crippen LogP contribution in [-0.2, 0) is 21.2 Å². The molecule has 0 aliphatic rings. The third-order valence-corrected chi connectivity index (χ3v) is 6.99. The van der Waals surface area contributed by atoms with E-state index in [0.29, 0.717) is 0 Å². The van der Waals surface area contributed by atoms with Gasteiger partial charge in [-0.1, -0.05) is 30.3 Å². The largest absolute Gasteiger partial charge is 0.508 e. The zero-order chi connectivity index (χ0) is 23.9. The number of sulfonamides is 1. The molecule has 2 atom stereocenters. The summed E-state index contributed by atoms with van der Waals surface area (Å²) in [6.45, 7) is 3.51. The number of aromatic nitrogens is 1. The van der Waals surface area contributed by atoms with Crippen molar-refractivity contribution in [1.29, 1.82) is 0 Å². The lowest BCUT2D eigenvalue weighted by Gasteiger charge is -2.30. The molecule has 0 aliphatic carbocycles. The number of aliphatic hydroxyl groups excluding tert-OH is 1. The van der Waals surface area contributed by atoms with Gasteiger partial charge in [0.1, 0.15) is 17.2 Å². The molecule has 0 radical (unpaired) electrons. The van der Waals surface area contributed by atoms with E-state index in [4.69, 9.17) is 0 Å². The summed E-state index contributed by atoms with van der Waals surface area (Å²) in [5.74, 6) is -1.14. The first-order valence-electron chi connectivity index (χ1n) is 10.2. The zero-order valence-corrected chi connectivity index (χ0v) is 19.1. The fourth-order valence-corrected chi connectivity index (χ4v) is 4.40. The topological polar surface area (TPSA) is 137 Å². The van der Waals surface area contributed by atoms with E-state index < -0.39 is 33.3 Å². The molecule has 0 fully saturated rings. The summed E-state index contributed by atoms with van der Waals surface area (Å²) >= 11 is 0. The summed E-state index contributed by atoms with van der Waals surface area (Å²) in [5.41, 5.74) is 0.760. The highest BCUT2D eigenvalue weighted by molar-refractivity contribution is 7.89. The molecule has 0 spiro atoms. The number of hydrogen-bond acceptors (Lipinski definition) is 7. The van der Waals surface area contributed by atoms with Gasteiger partial charge >= 0.3 is 0 Å². The minimum atomic E-state index is -3.83. The number of ketones is 1. The summed E-state index contributed by atoms with van der Waals surface area (Å²) in [7, 11) is -3.83. The molecule has 2 aromatic rings. The molecular formula is C22H29N3O6S. The number of hydrogen-bond donors (Lipinski definition) is 3. The van der Waals surface area contributed by atoms with Gasteiger partial charge < -0.3 is 15.5 Å². The van der Waals surface area contributed by atoms with Crippen molar-refractivity contribution in [3.8, 4) is 5.75 Å². The van der Waals surface area contributed by atoms with Crippen molar-refractivity contribution in [3.05, 3.63) is 59.9 Å². The molecule has 0 unspecified atom stereocenters. The molecule has 1 heterocycles. The minimum Gasteiger partial charge on any atom is -0.508 e. The van der Waals surface area contributed by atoms with Gasteiger partial charge in [0.25, 0.3) is 5.91 Å². The van der Waals surface area contributed by atoms with Crippen molar-refractivity contribution in [2.45, 2.75) is 44.6 Å². The molecule has 0 aliphatic heterocycles. The van der Waals surface area contributed by atoms with Crippen molar-refractivity contribution in [2.75, 3.05) is 13.1 Å². The van der Waals surface area contributed by atoms with E-state index in [1.54, 1.807) is 0 Å². The van der Waals surface area contributed by atoms with E-state index in [1.165, 1.54) is 39.1 Å². The number of aliphatic hydroxyl groups is 1. The molecule has 1 amide bonds. The van der Waals surface area contributed by atoms with Gasteiger partial charge in [0.15, 0.2) is 0 Å². The monoisotopic (exact) mass is 463 g/mol. The zero-order valence-electron chi connectivity index (χ0n) is 18.3. The summed E-state index contributed by atoms with van der Waals surface area (Å²) in [6.07, 6.45) is 0.170. The first-order valence-corrected chi connectivity index (χ1v) is 11.7. The second kappa shape index (κ2) is 11.2. The van der Waals surface area contributed by atoms with Gasteiger partial charge in [-0.25, -0.2) is 8.42 Å². The Hall–Kier alpha value is -2.82. The Labute approximate surface area is 188 Å². The van der Waals surface area contributed by atoms with E-state index in [1.807, 2.05) is 30.3 Å². The Balaban J connectivity index is 2.30. The summed E-state index contributed by atoms with van der Waals surface area (Å²) in [4.78, 5) is 28.3. The fourth-order valence-electron chi connectivity index (χ4n) is 3.08. The molecule has 1 aromatic heterocycles. The summed E-state index contributed by atoms with van der Waals surface area (Å²) in [5, 5.41) is 22.5. The number of carbonyl (C=O) groups is 2. The van der Waals surface area contributed by atoms with Crippen molar-refractivity contribution in [3.63, 3.8) is 0 Å². The van der Waals surface area contributed by atoms with Crippen LogP contribution in [0.5, 0.6) is 5.75 Å². The number of rotatable bonds is 11. The number of amides is 1. The molecule has 10 heteroatoms. The fraction of sp³-hybridized carbons (Fsp3) is 0.409. The third kappa shape index (κ3) is 7.11. The molecule has 1 aromatic carbocycles. The Bertz CT molecular complexity index is 1030. The van der Waals surface area contributed by atoms with Crippen molar-refractivity contribution < 1.29 is 28.2 Å². The maximum absolute atomic E-state index is 12.7. The second-order valence-electron chi connectivity index (χ2n) is 7.82. The quantitative estimate of drug-likeness (QED) is 0.454. The SMILES string of the molecule is CC(=O)CN(C[C@@H](O)[C@H](Cc1ccccc1)NC(=O)c1cc(O)ccn1)S(=O)(=O)C(C)C. The third-order valence-electron chi connectivity index (χ3n) is 4.80. The highest BCUT2D eigenvalue weighted by Crippen LogP contribution is 2.14. The maximum Gasteiger partial charge on any atom is 0.270 e. The molecule has 9 nitrogen and oxygen atoms in total. The molecule has 32 heavy (non-hydrogen) atoms. The van der Waals surface area contributed by atoms with Crippen LogP contribution in [0.4, 0.5) is 0 Å². The van der Waals surface area contributed by atoms with Crippen LogP contribution in [0, 0.1) is 0 Å². The van der Waals surface area contributed by atoms with Gasteiger partial charge in [-0.3, -0.25) is 14.6 Å². The second-order valence-corrected chi connectivity index (χ2v) is 10.3. The number of carbonyl (C=O) groups excluding carboxylic acids is 2. The number of nitrogens with one attached hydrogen (secondary N) is 1. The molecular weight excluding hydrogens is 434 g/mol. The minimum absolute atomic E-state index is 0.0503. The van der Waals surface area contributed by atoms with Crippen LogP contribution in [0.3, 0.4) is 0 Å². The van der Waals surface area contributed by atoms with E-state index in [0.717, 1.165) is 9.87 Å². The van der Waals surface area contributed by atoms with Gasteiger partial charge in [-0.15, -0.1) is 0 Å². The van der Waals surface area contributed by atoms with Crippen LogP contribution in [0.25, 0.3) is 0 Å². The Morgan fingerprint density at radius 2 is 1.81 bits per heavy atom. The number of pyridine rings is 1. The van der Waals surface area contributed by atoms with Gasteiger partial charge in [-0.2, -0.15) is 4.31 Å². The standard InChI is InChI=1S/C22H29N3O6S/c1-15(2)32(30,31)25(13-16(3)26)14-21(28)19(11-17-7-5-4-6-8-17)24-22(29)20-12-18(27)9-10-23-20/h4-10,12,15,19,21,28H,11,13-14H2,1-3H3,(H,23,27)(H,24,29)/t19-,21+/m0/s1. The molecule has 174 valence electrons. The molecule has 0 saturated heterocycles. The van der Waals surface area contributed by atoms with Gasteiger partial charge in [0.2, 0.25) is 10.0 Å². The van der Waals surface area contributed by atoms with Crippen molar-refractivity contribution in [2.24, 2.45) is 0 Å².